The zero-order valence-corrected chi connectivity index (χ0v) is 12.3. The number of aromatic nitrogens is 3. The molecule has 0 bridgehead atoms. The SMILES string of the molecule is Cc1cc(NC(=O)c2cnc(Cl)c3ccccc23)n(C)n1. The number of carbonyl (C=O) groups excluding carboxylic acids is 1. The highest BCUT2D eigenvalue weighted by molar-refractivity contribution is 6.35. The summed E-state index contributed by atoms with van der Waals surface area (Å²) < 4.78 is 1.62. The summed E-state index contributed by atoms with van der Waals surface area (Å²) in [5.41, 5.74) is 1.32. The second-order valence-corrected chi connectivity index (χ2v) is 5.11. The minimum absolute atomic E-state index is 0.238. The van der Waals surface area contributed by atoms with E-state index in [0.29, 0.717) is 16.5 Å². The lowest BCUT2D eigenvalue weighted by Crippen LogP contribution is -2.15. The normalized spacial score (nSPS) is 10.8. The summed E-state index contributed by atoms with van der Waals surface area (Å²) in [4.78, 5) is 16.5. The number of amides is 1. The summed E-state index contributed by atoms with van der Waals surface area (Å²) in [5, 5.41) is 8.95. The molecule has 0 fully saturated rings. The molecule has 0 spiro atoms. The standard InChI is InChI=1S/C15H13ClN4O/c1-9-7-13(20(2)19-9)18-15(21)12-8-17-14(16)11-6-4-3-5-10(11)12/h3-8H,1-2H3,(H,18,21). The van der Waals surface area contributed by atoms with Gasteiger partial charge >= 0.3 is 0 Å². The predicted octanol–water partition coefficient (Wildman–Crippen LogP) is 3.18. The smallest absolute Gasteiger partial charge is 0.259 e. The zero-order valence-electron chi connectivity index (χ0n) is 11.6. The van der Waals surface area contributed by atoms with Crippen molar-refractivity contribution in [2.45, 2.75) is 6.92 Å². The fourth-order valence-corrected chi connectivity index (χ4v) is 2.46. The molecule has 0 aliphatic carbocycles. The maximum absolute atomic E-state index is 12.5. The highest BCUT2D eigenvalue weighted by atomic mass is 35.5. The van der Waals surface area contributed by atoms with Gasteiger partial charge in [-0.1, -0.05) is 35.9 Å². The van der Waals surface area contributed by atoms with Crippen molar-refractivity contribution < 1.29 is 4.79 Å². The maximum atomic E-state index is 12.5. The highest BCUT2D eigenvalue weighted by Crippen LogP contribution is 2.24. The van der Waals surface area contributed by atoms with Crippen LogP contribution < -0.4 is 5.32 Å². The summed E-state index contributed by atoms with van der Waals surface area (Å²) in [7, 11) is 1.78. The van der Waals surface area contributed by atoms with E-state index in [9.17, 15) is 4.79 Å². The van der Waals surface area contributed by atoms with Gasteiger partial charge in [-0.05, 0) is 12.3 Å². The molecular formula is C15H13ClN4O. The summed E-state index contributed by atoms with van der Waals surface area (Å²) >= 11 is 6.07. The number of hydrogen-bond acceptors (Lipinski definition) is 3. The van der Waals surface area contributed by atoms with Gasteiger partial charge in [0.05, 0.1) is 11.3 Å². The Morgan fingerprint density at radius 3 is 2.67 bits per heavy atom. The van der Waals surface area contributed by atoms with E-state index in [0.717, 1.165) is 16.5 Å². The van der Waals surface area contributed by atoms with Gasteiger partial charge in [-0.3, -0.25) is 9.48 Å². The number of halogens is 1. The molecule has 0 atom stereocenters. The molecule has 1 amide bonds. The van der Waals surface area contributed by atoms with Crippen LogP contribution in [0.5, 0.6) is 0 Å². The van der Waals surface area contributed by atoms with E-state index >= 15 is 0 Å². The number of anilines is 1. The number of benzene rings is 1. The van der Waals surface area contributed by atoms with E-state index in [2.05, 4.69) is 15.4 Å². The Morgan fingerprint density at radius 2 is 2.00 bits per heavy atom. The van der Waals surface area contributed by atoms with Gasteiger partial charge in [0, 0.05) is 24.7 Å². The number of carbonyl (C=O) groups is 1. The van der Waals surface area contributed by atoms with Crippen molar-refractivity contribution in [1.29, 1.82) is 0 Å². The van der Waals surface area contributed by atoms with E-state index in [1.165, 1.54) is 6.20 Å². The molecule has 1 aromatic carbocycles. The van der Waals surface area contributed by atoms with Crippen molar-refractivity contribution in [2.75, 3.05) is 5.32 Å². The molecule has 0 aliphatic rings. The third-order valence-corrected chi connectivity index (χ3v) is 3.54. The molecule has 0 radical (unpaired) electrons. The number of nitrogens with zero attached hydrogens (tertiary/aromatic N) is 3. The summed E-state index contributed by atoms with van der Waals surface area (Å²) in [6, 6.07) is 9.23. The molecule has 0 aliphatic heterocycles. The van der Waals surface area contributed by atoms with Crippen molar-refractivity contribution in [3.63, 3.8) is 0 Å². The van der Waals surface area contributed by atoms with Crippen LogP contribution in [-0.2, 0) is 7.05 Å². The molecule has 106 valence electrons. The lowest BCUT2D eigenvalue weighted by molar-refractivity contribution is 0.102. The number of aryl methyl sites for hydroxylation is 2. The first-order valence-electron chi connectivity index (χ1n) is 6.41. The molecule has 0 saturated carbocycles. The zero-order chi connectivity index (χ0) is 15.0. The van der Waals surface area contributed by atoms with Crippen LogP contribution >= 0.6 is 11.6 Å². The first kappa shape index (κ1) is 13.6. The number of hydrogen-bond donors (Lipinski definition) is 1. The summed E-state index contributed by atoms with van der Waals surface area (Å²) in [6.45, 7) is 1.87. The Kier molecular flexibility index (Phi) is 3.35. The van der Waals surface area contributed by atoms with Gasteiger partial charge in [0.15, 0.2) is 0 Å². The minimum Gasteiger partial charge on any atom is -0.307 e. The molecule has 2 heterocycles. The van der Waals surface area contributed by atoms with E-state index in [4.69, 9.17) is 11.6 Å². The van der Waals surface area contributed by atoms with Gasteiger partial charge < -0.3 is 5.32 Å². The van der Waals surface area contributed by atoms with Gasteiger partial charge in [-0.25, -0.2) is 4.98 Å². The van der Waals surface area contributed by atoms with Crippen LogP contribution in [-0.4, -0.2) is 20.7 Å². The van der Waals surface area contributed by atoms with E-state index < -0.39 is 0 Å². The third-order valence-electron chi connectivity index (χ3n) is 3.23. The monoisotopic (exact) mass is 300 g/mol. The van der Waals surface area contributed by atoms with Gasteiger partial charge in [-0.15, -0.1) is 0 Å². The maximum Gasteiger partial charge on any atom is 0.259 e. The lowest BCUT2D eigenvalue weighted by Gasteiger charge is -2.08. The fraction of sp³-hybridized carbons (Fsp3) is 0.133. The largest absolute Gasteiger partial charge is 0.307 e. The summed E-state index contributed by atoms with van der Waals surface area (Å²) in [5.74, 6) is 0.398. The molecular weight excluding hydrogens is 288 g/mol. The lowest BCUT2D eigenvalue weighted by atomic mass is 10.1. The van der Waals surface area contributed by atoms with Crippen LogP contribution in [0.25, 0.3) is 10.8 Å². The van der Waals surface area contributed by atoms with E-state index in [1.807, 2.05) is 37.3 Å². The average molecular weight is 301 g/mol. The number of rotatable bonds is 2. The third kappa shape index (κ3) is 2.48. The van der Waals surface area contributed by atoms with Crippen molar-refractivity contribution in [3.05, 3.63) is 52.9 Å². The average Bonchev–Trinajstić information content (AvgIpc) is 2.77. The molecule has 2 aromatic heterocycles. The Bertz CT molecular complexity index is 841. The Morgan fingerprint density at radius 1 is 1.29 bits per heavy atom. The van der Waals surface area contributed by atoms with E-state index in [-0.39, 0.29) is 5.91 Å². The quantitative estimate of drug-likeness (QED) is 0.739. The molecule has 3 rings (SSSR count). The van der Waals surface area contributed by atoms with Crippen molar-refractivity contribution in [2.24, 2.45) is 7.05 Å². The van der Waals surface area contributed by atoms with Crippen LogP contribution in [0.4, 0.5) is 5.82 Å². The molecule has 0 saturated heterocycles. The van der Waals surface area contributed by atoms with Gasteiger partial charge in [0.25, 0.3) is 5.91 Å². The Hall–Kier alpha value is -2.40. The van der Waals surface area contributed by atoms with Crippen molar-refractivity contribution in [1.82, 2.24) is 14.8 Å². The van der Waals surface area contributed by atoms with Crippen LogP contribution in [0, 0.1) is 6.92 Å². The molecule has 21 heavy (non-hydrogen) atoms. The van der Waals surface area contributed by atoms with Crippen LogP contribution in [0.3, 0.4) is 0 Å². The number of fused-ring (bicyclic) bond motifs is 1. The first-order chi connectivity index (χ1) is 10.1. The van der Waals surface area contributed by atoms with Crippen LogP contribution in [0.1, 0.15) is 16.1 Å². The molecule has 1 N–H and O–H groups in total. The molecule has 3 aromatic rings. The topological polar surface area (TPSA) is 59.8 Å². The summed E-state index contributed by atoms with van der Waals surface area (Å²) in [6.07, 6.45) is 1.49. The van der Waals surface area contributed by atoms with Gasteiger partial charge in [0.2, 0.25) is 0 Å². The van der Waals surface area contributed by atoms with Gasteiger partial charge in [0.1, 0.15) is 11.0 Å². The second kappa shape index (κ2) is 5.18. The highest BCUT2D eigenvalue weighted by Gasteiger charge is 2.14. The number of nitrogens with one attached hydrogen (secondary N) is 1. The second-order valence-electron chi connectivity index (χ2n) is 4.76. The first-order valence-corrected chi connectivity index (χ1v) is 6.79. The number of pyridine rings is 1. The van der Waals surface area contributed by atoms with Crippen LogP contribution in [0.2, 0.25) is 5.15 Å². The fourth-order valence-electron chi connectivity index (χ4n) is 2.25. The molecule has 5 nitrogen and oxygen atoms in total. The molecule has 6 heteroatoms. The Balaban J connectivity index is 2.02. The van der Waals surface area contributed by atoms with Crippen LogP contribution in [0.15, 0.2) is 36.5 Å². The van der Waals surface area contributed by atoms with Crippen molar-refractivity contribution in [3.8, 4) is 0 Å². The molecule has 0 unspecified atom stereocenters. The predicted molar refractivity (Wildman–Crippen MR) is 82.7 cm³/mol. The minimum atomic E-state index is -0.238. The van der Waals surface area contributed by atoms with E-state index in [1.54, 1.807) is 11.7 Å². The van der Waals surface area contributed by atoms with Crippen molar-refractivity contribution >= 4 is 34.1 Å². The Labute approximate surface area is 126 Å². The van der Waals surface area contributed by atoms with Gasteiger partial charge in [-0.2, -0.15) is 5.10 Å².